The second-order valence-corrected chi connectivity index (χ2v) is 6.34. The van der Waals surface area contributed by atoms with Gasteiger partial charge in [0.15, 0.2) is 0 Å². The van der Waals surface area contributed by atoms with Crippen molar-refractivity contribution in [1.29, 1.82) is 0 Å². The van der Waals surface area contributed by atoms with E-state index in [1.807, 2.05) is 41.9 Å². The Morgan fingerprint density at radius 2 is 1.88 bits per heavy atom. The van der Waals surface area contributed by atoms with Crippen molar-refractivity contribution in [3.8, 4) is 11.3 Å². The van der Waals surface area contributed by atoms with E-state index in [4.69, 9.17) is 0 Å². The van der Waals surface area contributed by atoms with Gasteiger partial charge < -0.3 is 4.98 Å². The minimum atomic E-state index is 0.780. The van der Waals surface area contributed by atoms with Crippen molar-refractivity contribution in [2.24, 2.45) is 5.10 Å². The zero-order valence-electron chi connectivity index (χ0n) is 13.2. The summed E-state index contributed by atoms with van der Waals surface area (Å²) < 4.78 is 0. The Morgan fingerprint density at radius 1 is 1.08 bits per heavy atom. The quantitative estimate of drug-likeness (QED) is 0.406. The van der Waals surface area contributed by atoms with E-state index in [-0.39, 0.29) is 0 Å². The lowest BCUT2D eigenvalue weighted by Gasteiger charge is -1.96. The molecule has 4 nitrogen and oxygen atoms in total. The Hall–Kier alpha value is -2.92. The number of thiazole rings is 1. The minimum Gasteiger partial charge on any atom is -0.358 e. The highest BCUT2D eigenvalue weighted by atomic mass is 32.1. The molecule has 4 aromatic rings. The van der Waals surface area contributed by atoms with Gasteiger partial charge in [-0.1, -0.05) is 48.5 Å². The number of anilines is 1. The average Bonchev–Trinajstić information content (AvgIpc) is 3.21. The Balaban J connectivity index is 1.53. The van der Waals surface area contributed by atoms with Crippen LogP contribution in [-0.2, 0) is 0 Å². The van der Waals surface area contributed by atoms with Crippen LogP contribution in [0.2, 0.25) is 0 Å². The summed E-state index contributed by atoms with van der Waals surface area (Å²) in [5, 5.41) is 8.34. The number of aryl methyl sites for hydroxylation is 1. The zero-order valence-corrected chi connectivity index (χ0v) is 14.0. The normalized spacial score (nSPS) is 11.4. The first-order valence-corrected chi connectivity index (χ1v) is 8.56. The number of hydrogen-bond donors (Lipinski definition) is 2. The number of H-pyrrole nitrogens is 1. The molecule has 4 rings (SSSR count). The maximum atomic E-state index is 4.57. The molecule has 0 aliphatic rings. The van der Waals surface area contributed by atoms with E-state index < -0.39 is 0 Å². The highest BCUT2D eigenvalue weighted by molar-refractivity contribution is 7.14. The monoisotopic (exact) mass is 332 g/mol. The summed E-state index contributed by atoms with van der Waals surface area (Å²) in [6.07, 6.45) is 1.84. The van der Waals surface area contributed by atoms with Crippen LogP contribution in [0.4, 0.5) is 5.13 Å². The van der Waals surface area contributed by atoms with Crippen LogP contribution < -0.4 is 5.43 Å². The van der Waals surface area contributed by atoms with Crippen LogP contribution >= 0.6 is 11.3 Å². The second-order valence-electron chi connectivity index (χ2n) is 5.48. The molecule has 0 unspecified atom stereocenters. The summed E-state index contributed by atoms with van der Waals surface area (Å²) in [6.45, 7) is 2.05. The number of fused-ring (bicyclic) bond motifs is 1. The third kappa shape index (κ3) is 2.81. The molecule has 118 valence electrons. The molecule has 0 aliphatic heterocycles. The summed E-state index contributed by atoms with van der Waals surface area (Å²) in [6, 6.07) is 18.4. The van der Waals surface area contributed by atoms with Crippen molar-refractivity contribution in [3.63, 3.8) is 0 Å². The SMILES string of the molecule is Cc1[nH]c2ccccc2c1/C=N\Nc1nc(-c2ccccc2)cs1. The topological polar surface area (TPSA) is 53.1 Å². The fourth-order valence-corrected chi connectivity index (χ4v) is 3.35. The molecular weight excluding hydrogens is 316 g/mol. The van der Waals surface area contributed by atoms with E-state index in [1.165, 1.54) is 5.39 Å². The molecule has 2 aromatic carbocycles. The number of hydrazone groups is 1. The average molecular weight is 332 g/mol. The van der Waals surface area contributed by atoms with Crippen molar-refractivity contribution in [3.05, 3.63) is 71.2 Å². The van der Waals surface area contributed by atoms with Crippen molar-refractivity contribution in [1.82, 2.24) is 9.97 Å². The Bertz CT molecular complexity index is 999. The number of hydrogen-bond acceptors (Lipinski definition) is 4. The number of benzene rings is 2. The molecule has 0 amide bonds. The molecule has 0 saturated heterocycles. The Labute approximate surface area is 143 Å². The van der Waals surface area contributed by atoms with Gasteiger partial charge in [-0.3, -0.25) is 5.43 Å². The van der Waals surface area contributed by atoms with E-state index in [2.05, 4.69) is 51.7 Å². The summed E-state index contributed by atoms with van der Waals surface area (Å²) in [5.74, 6) is 0. The molecule has 0 bridgehead atoms. The predicted molar refractivity (Wildman–Crippen MR) is 102 cm³/mol. The van der Waals surface area contributed by atoms with Crippen molar-refractivity contribution < 1.29 is 0 Å². The van der Waals surface area contributed by atoms with Crippen molar-refractivity contribution >= 4 is 33.6 Å². The van der Waals surface area contributed by atoms with Crippen LogP contribution in [0.25, 0.3) is 22.2 Å². The first-order valence-electron chi connectivity index (χ1n) is 7.68. The van der Waals surface area contributed by atoms with Crippen LogP contribution in [0.3, 0.4) is 0 Å². The molecule has 0 spiro atoms. The summed E-state index contributed by atoms with van der Waals surface area (Å²) >= 11 is 1.55. The van der Waals surface area contributed by atoms with E-state index >= 15 is 0 Å². The van der Waals surface area contributed by atoms with Gasteiger partial charge in [0.25, 0.3) is 0 Å². The minimum absolute atomic E-state index is 0.780. The lowest BCUT2D eigenvalue weighted by atomic mass is 10.1. The van der Waals surface area contributed by atoms with Gasteiger partial charge >= 0.3 is 0 Å². The molecule has 24 heavy (non-hydrogen) atoms. The number of aromatic nitrogens is 2. The third-order valence-electron chi connectivity index (χ3n) is 3.87. The molecule has 2 aromatic heterocycles. The zero-order chi connectivity index (χ0) is 16.4. The second kappa shape index (κ2) is 6.29. The lowest BCUT2D eigenvalue weighted by Crippen LogP contribution is -1.91. The van der Waals surface area contributed by atoms with Gasteiger partial charge in [-0.25, -0.2) is 4.98 Å². The van der Waals surface area contributed by atoms with Crippen LogP contribution in [0.15, 0.2) is 65.1 Å². The molecule has 2 heterocycles. The van der Waals surface area contributed by atoms with Gasteiger partial charge in [-0.05, 0) is 13.0 Å². The third-order valence-corrected chi connectivity index (χ3v) is 4.62. The maximum Gasteiger partial charge on any atom is 0.203 e. The molecule has 0 radical (unpaired) electrons. The first kappa shape index (κ1) is 14.7. The number of para-hydroxylation sites is 1. The molecule has 0 atom stereocenters. The van der Waals surface area contributed by atoms with Gasteiger partial charge in [-0.2, -0.15) is 5.10 Å². The van der Waals surface area contributed by atoms with E-state index in [0.717, 1.165) is 33.2 Å². The Kier molecular flexibility index (Phi) is 3.84. The van der Waals surface area contributed by atoms with Crippen LogP contribution in [-0.4, -0.2) is 16.2 Å². The smallest absolute Gasteiger partial charge is 0.203 e. The van der Waals surface area contributed by atoms with E-state index in [1.54, 1.807) is 11.3 Å². The number of nitrogens with zero attached hydrogens (tertiary/aromatic N) is 2. The molecule has 0 saturated carbocycles. The van der Waals surface area contributed by atoms with E-state index in [9.17, 15) is 0 Å². The van der Waals surface area contributed by atoms with Crippen LogP contribution in [0, 0.1) is 6.92 Å². The Morgan fingerprint density at radius 3 is 2.75 bits per heavy atom. The van der Waals surface area contributed by atoms with Crippen molar-refractivity contribution in [2.45, 2.75) is 6.92 Å². The number of rotatable bonds is 4. The fourth-order valence-electron chi connectivity index (χ4n) is 2.68. The largest absolute Gasteiger partial charge is 0.358 e. The van der Waals surface area contributed by atoms with Crippen LogP contribution in [0.5, 0.6) is 0 Å². The maximum absolute atomic E-state index is 4.57. The van der Waals surface area contributed by atoms with Crippen molar-refractivity contribution in [2.75, 3.05) is 5.43 Å². The van der Waals surface area contributed by atoms with E-state index in [0.29, 0.717) is 0 Å². The number of aromatic amines is 1. The highest BCUT2D eigenvalue weighted by Gasteiger charge is 2.06. The van der Waals surface area contributed by atoms with Gasteiger partial charge in [0.1, 0.15) is 0 Å². The molecule has 0 fully saturated rings. The lowest BCUT2D eigenvalue weighted by molar-refractivity contribution is 1.27. The molecule has 0 aliphatic carbocycles. The number of nitrogens with one attached hydrogen (secondary N) is 2. The summed E-state index contributed by atoms with van der Waals surface area (Å²) in [7, 11) is 0. The molecular formula is C19H16N4S. The van der Waals surface area contributed by atoms with Gasteiger partial charge in [0.2, 0.25) is 5.13 Å². The van der Waals surface area contributed by atoms with Gasteiger partial charge in [-0.15, -0.1) is 11.3 Å². The standard InChI is InChI=1S/C19H16N4S/c1-13-16(15-9-5-6-10-17(15)21-13)11-20-23-19-22-18(12-24-19)14-7-3-2-4-8-14/h2-12,21H,1H3,(H,22,23)/b20-11-. The molecule has 2 N–H and O–H groups in total. The molecule has 5 heteroatoms. The van der Waals surface area contributed by atoms with Gasteiger partial charge in [0, 0.05) is 33.1 Å². The predicted octanol–water partition coefficient (Wildman–Crippen LogP) is 5.05. The summed E-state index contributed by atoms with van der Waals surface area (Å²) in [4.78, 5) is 7.94. The first-order chi connectivity index (χ1) is 11.8. The fraction of sp³-hybridized carbons (Fsp3) is 0.0526. The summed E-state index contributed by atoms with van der Waals surface area (Å²) in [5.41, 5.74) is 8.42. The highest BCUT2D eigenvalue weighted by Crippen LogP contribution is 2.25. The van der Waals surface area contributed by atoms with Gasteiger partial charge in [0.05, 0.1) is 11.9 Å². The van der Waals surface area contributed by atoms with Crippen LogP contribution in [0.1, 0.15) is 11.3 Å².